The number of carbonyl (C=O) groups excluding carboxylic acids is 2. The third-order valence-electron chi connectivity index (χ3n) is 3.33. The van der Waals surface area contributed by atoms with Crippen LogP contribution in [0, 0.1) is 0 Å². The van der Waals surface area contributed by atoms with Crippen LogP contribution in [0.5, 0.6) is 0 Å². The van der Waals surface area contributed by atoms with Crippen LogP contribution in [0.4, 0.5) is 0 Å². The van der Waals surface area contributed by atoms with Crippen molar-refractivity contribution in [3.63, 3.8) is 0 Å². The molecule has 0 N–H and O–H groups in total. The summed E-state index contributed by atoms with van der Waals surface area (Å²) in [5, 5.41) is 0. The highest BCUT2D eigenvalue weighted by molar-refractivity contribution is 7.98. The van der Waals surface area contributed by atoms with Crippen molar-refractivity contribution in [2.75, 3.05) is 6.26 Å². The van der Waals surface area contributed by atoms with Crippen molar-refractivity contribution in [2.24, 2.45) is 0 Å². The maximum Gasteiger partial charge on any atom is 0.170 e. The minimum absolute atomic E-state index is 0.0480. The zero-order valence-electron chi connectivity index (χ0n) is 12.5. The van der Waals surface area contributed by atoms with Gasteiger partial charge in [-0.1, -0.05) is 44.7 Å². The van der Waals surface area contributed by atoms with Crippen LogP contribution < -0.4 is 0 Å². The van der Waals surface area contributed by atoms with E-state index < -0.39 is 0 Å². The fourth-order valence-electron chi connectivity index (χ4n) is 2.07. The Balaban J connectivity index is 2.31. The number of ketones is 2. The molecule has 2 nitrogen and oxygen atoms in total. The van der Waals surface area contributed by atoms with Gasteiger partial charge in [-0.3, -0.25) is 9.59 Å². The molecule has 0 spiro atoms. The fraction of sp³-hybridized carbons (Fsp3) is 0.529. The van der Waals surface area contributed by atoms with Crippen molar-refractivity contribution in [1.82, 2.24) is 0 Å². The number of rotatable bonds is 10. The second-order valence-electron chi connectivity index (χ2n) is 5.03. The molecule has 20 heavy (non-hydrogen) atoms. The summed E-state index contributed by atoms with van der Waals surface area (Å²) in [5.74, 6) is 0.0108. The largest absolute Gasteiger partial charge is 0.299 e. The summed E-state index contributed by atoms with van der Waals surface area (Å²) in [6.45, 7) is 2.17. The number of unbranched alkanes of at least 4 members (excludes halogenated alkanes) is 4. The number of thioether (sulfide) groups is 1. The number of carbonyl (C=O) groups is 2. The summed E-state index contributed by atoms with van der Waals surface area (Å²) in [4.78, 5) is 24.8. The number of hydrogen-bond acceptors (Lipinski definition) is 3. The molecule has 0 aliphatic carbocycles. The molecule has 0 saturated heterocycles. The van der Waals surface area contributed by atoms with Gasteiger partial charge in [-0.05, 0) is 24.8 Å². The van der Waals surface area contributed by atoms with Gasteiger partial charge in [0.15, 0.2) is 5.78 Å². The second kappa shape index (κ2) is 9.76. The Hall–Kier alpha value is -1.09. The molecule has 1 rings (SSSR count). The summed E-state index contributed by atoms with van der Waals surface area (Å²) in [5.41, 5.74) is 0.641. The average molecular weight is 292 g/mol. The van der Waals surface area contributed by atoms with Crippen molar-refractivity contribution >= 4 is 23.3 Å². The molecule has 0 bridgehead atoms. The molecule has 0 radical (unpaired) electrons. The maximum absolute atomic E-state index is 12.0. The molecule has 0 heterocycles. The van der Waals surface area contributed by atoms with Crippen molar-refractivity contribution in [3.8, 4) is 0 Å². The Morgan fingerprint density at radius 2 is 1.65 bits per heavy atom. The summed E-state index contributed by atoms with van der Waals surface area (Å²) in [6, 6.07) is 7.46. The molecule has 1 aromatic carbocycles. The van der Waals surface area contributed by atoms with Gasteiger partial charge < -0.3 is 0 Å². The third kappa shape index (κ3) is 6.38. The Bertz CT molecular complexity index is 423. The fourth-order valence-corrected chi connectivity index (χ4v) is 2.48. The van der Waals surface area contributed by atoms with E-state index in [1.165, 1.54) is 19.3 Å². The first-order valence-electron chi connectivity index (χ1n) is 7.36. The summed E-state index contributed by atoms with van der Waals surface area (Å²) >= 11 is 1.64. The van der Waals surface area contributed by atoms with Crippen LogP contribution in [0.2, 0.25) is 0 Å². The van der Waals surface area contributed by atoms with Gasteiger partial charge in [0, 0.05) is 16.9 Å². The summed E-state index contributed by atoms with van der Waals surface area (Å²) < 4.78 is 0. The highest BCUT2D eigenvalue weighted by Gasteiger charge is 2.11. The third-order valence-corrected chi connectivity index (χ3v) is 4.07. The zero-order chi connectivity index (χ0) is 14.8. The molecule has 1 aromatic rings. The number of Topliss-reactive ketones (excluding diaryl/α,β-unsaturated/α-hetero) is 2. The molecular weight excluding hydrogens is 268 g/mol. The van der Waals surface area contributed by atoms with Crippen molar-refractivity contribution in [3.05, 3.63) is 29.8 Å². The lowest BCUT2D eigenvalue weighted by Gasteiger charge is -2.03. The molecule has 0 saturated carbocycles. The Morgan fingerprint density at radius 3 is 2.25 bits per heavy atom. The molecule has 0 amide bonds. The SMILES string of the molecule is CCCCCCCC(=O)CC(=O)c1ccc(SC)cc1. The maximum atomic E-state index is 12.0. The molecule has 0 fully saturated rings. The van der Waals surface area contributed by atoms with Gasteiger partial charge in [-0.15, -0.1) is 11.8 Å². The first kappa shape index (κ1) is 17.0. The van der Waals surface area contributed by atoms with Crippen LogP contribution in [0.3, 0.4) is 0 Å². The van der Waals surface area contributed by atoms with Crippen LogP contribution in [0.1, 0.15) is 62.2 Å². The highest BCUT2D eigenvalue weighted by atomic mass is 32.2. The van der Waals surface area contributed by atoms with E-state index in [1.807, 2.05) is 30.5 Å². The van der Waals surface area contributed by atoms with Gasteiger partial charge in [-0.2, -0.15) is 0 Å². The van der Waals surface area contributed by atoms with Gasteiger partial charge in [-0.25, -0.2) is 0 Å². The number of hydrogen-bond donors (Lipinski definition) is 0. The van der Waals surface area contributed by atoms with Crippen LogP contribution >= 0.6 is 11.8 Å². The Kier molecular flexibility index (Phi) is 8.28. The lowest BCUT2D eigenvalue weighted by atomic mass is 10.0. The molecule has 0 atom stereocenters. The van der Waals surface area contributed by atoms with Crippen molar-refractivity contribution in [2.45, 2.75) is 56.8 Å². The van der Waals surface area contributed by atoms with E-state index in [4.69, 9.17) is 0 Å². The van der Waals surface area contributed by atoms with E-state index >= 15 is 0 Å². The molecule has 0 aliphatic heterocycles. The van der Waals surface area contributed by atoms with E-state index in [9.17, 15) is 9.59 Å². The molecule has 0 aromatic heterocycles. The molecule has 3 heteroatoms. The Labute approximate surface area is 126 Å². The second-order valence-corrected chi connectivity index (χ2v) is 5.91. The van der Waals surface area contributed by atoms with Crippen LogP contribution in [0.15, 0.2) is 29.2 Å². The molecular formula is C17H24O2S. The topological polar surface area (TPSA) is 34.1 Å². The predicted molar refractivity (Wildman–Crippen MR) is 85.6 cm³/mol. The number of benzene rings is 1. The zero-order valence-corrected chi connectivity index (χ0v) is 13.3. The average Bonchev–Trinajstić information content (AvgIpc) is 2.47. The lowest BCUT2D eigenvalue weighted by molar-refractivity contribution is -0.118. The van der Waals surface area contributed by atoms with Gasteiger partial charge in [0.05, 0.1) is 6.42 Å². The van der Waals surface area contributed by atoms with E-state index in [-0.39, 0.29) is 18.0 Å². The van der Waals surface area contributed by atoms with Crippen LogP contribution in [0.25, 0.3) is 0 Å². The van der Waals surface area contributed by atoms with Crippen molar-refractivity contribution < 1.29 is 9.59 Å². The smallest absolute Gasteiger partial charge is 0.170 e. The minimum Gasteiger partial charge on any atom is -0.299 e. The van der Waals surface area contributed by atoms with Crippen molar-refractivity contribution in [1.29, 1.82) is 0 Å². The standard InChI is InChI=1S/C17H24O2S/c1-3-4-5-6-7-8-15(18)13-17(19)14-9-11-16(20-2)12-10-14/h9-12H,3-8,13H2,1-2H3. The van der Waals surface area contributed by atoms with Gasteiger partial charge >= 0.3 is 0 Å². The van der Waals surface area contributed by atoms with Gasteiger partial charge in [0.25, 0.3) is 0 Å². The normalized spacial score (nSPS) is 10.5. The molecule has 0 aliphatic rings. The lowest BCUT2D eigenvalue weighted by Crippen LogP contribution is -2.08. The first-order valence-corrected chi connectivity index (χ1v) is 8.58. The van der Waals surface area contributed by atoms with E-state index in [2.05, 4.69) is 6.92 Å². The van der Waals surface area contributed by atoms with E-state index in [1.54, 1.807) is 11.8 Å². The minimum atomic E-state index is -0.0591. The van der Waals surface area contributed by atoms with E-state index in [0.717, 1.165) is 17.7 Å². The van der Waals surface area contributed by atoms with Crippen LogP contribution in [-0.2, 0) is 4.79 Å². The van der Waals surface area contributed by atoms with Crippen LogP contribution in [-0.4, -0.2) is 17.8 Å². The summed E-state index contributed by atoms with van der Waals surface area (Å²) in [6.07, 6.45) is 8.22. The van der Waals surface area contributed by atoms with Gasteiger partial charge in [0.1, 0.15) is 5.78 Å². The highest BCUT2D eigenvalue weighted by Crippen LogP contribution is 2.16. The quantitative estimate of drug-likeness (QED) is 0.266. The monoisotopic (exact) mass is 292 g/mol. The predicted octanol–water partition coefficient (Wildman–Crippen LogP) is 4.91. The molecule has 110 valence electrons. The Morgan fingerprint density at radius 1 is 1.00 bits per heavy atom. The molecule has 0 unspecified atom stereocenters. The van der Waals surface area contributed by atoms with Gasteiger partial charge in [0.2, 0.25) is 0 Å². The van der Waals surface area contributed by atoms with E-state index in [0.29, 0.717) is 12.0 Å². The summed E-state index contributed by atoms with van der Waals surface area (Å²) in [7, 11) is 0. The first-order chi connectivity index (χ1) is 9.67.